The number of nitrogens with one attached hydrogen (secondary N) is 1. The van der Waals surface area contributed by atoms with Gasteiger partial charge < -0.3 is 10.2 Å². The molecule has 6 heteroatoms. The molecule has 0 radical (unpaired) electrons. The lowest BCUT2D eigenvalue weighted by Crippen LogP contribution is -2.43. The van der Waals surface area contributed by atoms with Crippen molar-refractivity contribution in [1.29, 1.82) is 0 Å². The summed E-state index contributed by atoms with van der Waals surface area (Å²) in [5, 5.41) is 8.76. The van der Waals surface area contributed by atoms with Gasteiger partial charge in [0.05, 0.1) is 29.8 Å². The van der Waals surface area contributed by atoms with Crippen molar-refractivity contribution < 1.29 is 0 Å². The Balaban J connectivity index is 1.71. The standard InChI is InChI=1S/C16H18N6/c1-21-15-3-2-12(8-13(15)9-19-21)14-10-18-11-16(20-14)22-6-4-17-5-7-22/h2-3,8-11,17H,4-7H2,1H3. The van der Waals surface area contributed by atoms with Crippen LogP contribution in [0.15, 0.2) is 36.8 Å². The van der Waals surface area contributed by atoms with E-state index in [0.717, 1.165) is 54.2 Å². The Morgan fingerprint density at radius 3 is 2.82 bits per heavy atom. The number of fused-ring (bicyclic) bond motifs is 1. The minimum absolute atomic E-state index is 0.904. The van der Waals surface area contributed by atoms with Crippen LogP contribution in [0, 0.1) is 0 Å². The molecule has 6 nitrogen and oxygen atoms in total. The Kier molecular flexibility index (Phi) is 3.23. The molecule has 1 saturated heterocycles. The number of rotatable bonds is 2. The highest BCUT2D eigenvalue weighted by molar-refractivity contribution is 5.83. The van der Waals surface area contributed by atoms with E-state index in [2.05, 4.69) is 38.5 Å². The molecule has 0 amide bonds. The van der Waals surface area contributed by atoms with Gasteiger partial charge in [-0.25, -0.2) is 4.98 Å². The summed E-state index contributed by atoms with van der Waals surface area (Å²) in [5.41, 5.74) is 3.10. The molecule has 1 aliphatic rings. The van der Waals surface area contributed by atoms with Crippen molar-refractivity contribution in [3.63, 3.8) is 0 Å². The van der Waals surface area contributed by atoms with Crippen molar-refractivity contribution in [2.45, 2.75) is 0 Å². The number of benzene rings is 1. The van der Waals surface area contributed by atoms with Crippen molar-refractivity contribution in [3.8, 4) is 11.3 Å². The topological polar surface area (TPSA) is 58.9 Å². The molecule has 0 saturated carbocycles. The molecule has 1 fully saturated rings. The molecule has 4 rings (SSSR count). The molecular formula is C16H18N6. The molecule has 0 unspecified atom stereocenters. The van der Waals surface area contributed by atoms with E-state index < -0.39 is 0 Å². The molecule has 0 atom stereocenters. The van der Waals surface area contributed by atoms with Crippen LogP contribution < -0.4 is 10.2 Å². The van der Waals surface area contributed by atoms with Crippen LogP contribution in [0.5, 0.6) is 0 Å². The average Bonchev–Trinajstić information content (AvgIpc) is 2.96. The van der Waals surface area contributed by atoms with Crippen molar-refractivity contribution in [3.05, 3.63) is 36.8 Å². The van der Waals surface area contributed by atoms with Gasteiger partial charge in [-0.1, -0.05) is 6.07 Å². The molecule has 112 valence electrons. The predicted octanol–water partition coefficient (Wildman–Crippen LogP) is 1.44. The second-order valence-corrected chi connectivity index (χ2v) is 5.54. The van der Waals surface area contributed by atoms with Gasteiger partial charge in [0.15, 0.2) is 0 Å². The number of anilines is 1. The van der Waals surface area contributed by atoms with Gasteiger partial charge in [0, 0.05) is 44.2 Å². The van der Waals surface area contributed by atoms with E-state index in [9.17, 15) is 0 Å². The largest absolute Gasteiger partial charge is 0.353 e. The predicted molar refractivity (Wildman–Crippen MR) is 86.8 cm³/mol. The van der Waals surface area contributed by atoms with Gasteiger partial charge in [0.1, 0.15) is 5.82 Å². The lowest BCUT2D eigenvalue weighted by Gasteiger charge is -2.28. The van der Waals surface area contributed by atoms with Gasteiger partial charge >= 0.3 is 0 Å². The maximum Gasteiger partial charge on any atom is 0.147 e. The SMILES string of the molecule is Cn1ncc2cc(-c3cncc(N4CCNCC4)n3)ccc21. The zero-order chi connectivity index (χ0) is 14.9. The lowest BCUT2D eigenvalue weighted by molar-refractivity contribution is 0.584. The molecule has 22 heavy (non-hydrogen) atoms. The average molecular weight is 294 g/mol. The van der Waals surface area contributed by atoms with E-state index in [4.69, 9.17) is 4.98 Å². The fourth-order valence-corrected chi connectivity index (χ4v) is 2.86. The summed E-state index contributed by atoms with van der Waals surface area (Å²) in [7, 11) is 1.95. The van der Waals surface area contributed by atoms with Crippen LogP contribution in [-0.4, -0.2) is 45.9 Å². The number of aromatic nitrogens is 4. The normalized spacial score (nSPS) is 15.4. The number of piperazine rings is 1. The first-order chi connectivity index (χ1) is 10.8. The third-order valence-corrected chi connectivity index (χ3v) is 4.10. The summed E-state index contributed by atoms with van der Waals surface area (Å²) in [6.07, 6.45) is 5.55. The molecule has 3 aromatic rings. The zero-order valence-corrected chi connectivity index (χ0v) is 12.5. The summed E-state index contributed by atoms with van der Waals surface area (Å²) >= 11 is 0. The van der Waals surface area contributed by atoms with E-state index in [1.54, 1.807) is 0 Å². The molecular weight excluding hydrogens is 276 g/mol. The van der Waals surface area contributed by atoms with E-state index in [-0.39, 0.29) is 0 Å². The van der Waals surface area contributed by atoms with Crippen LogP contribution in [0.4, 0.5) is 5.82 Å². The van der Waals surface area contributed by atoms with E-state index >= 15 is 0 Å². The maximum atomic E-state index is 4.79. The van der Waals surface area contributed by atoms with Crippen LogP contribution in [0.3, 0.4) is 0 Å². The number of hydrogen-bond donors (Lipinski definition) is 1. The second kappa shape index (κ2) is 5.38. The molecule has 0 aliphatic carbocycles. The Morgan fingerprint density at radius 1 is 1.09 bits per heavy atom. The smallest absolute Gasteiger partial charge is 0.147 e. The van der Waals surface area contributed by atoms with Crippen molar-refractivity contribution in [2.75, 3.05) is 31.1 Å². The fraction of sp³-hybridized carbons (Fsp3) is 0.312. The zero-order valence-electron chi connectivity index (χ0n) is 12.5. The van der Waals surface area contributed by atoms with Crippen LogP contribution in [0.25, 0.3) is 22.2 Å². The van der Waals surface area contributed by atoms with E-state index in [1.807, 2.05) is 30.3 Å². The highest BCUT2D eigenvalue weighted by Crippen LogP contribution is 2.24. The summed E-state index contributed by atoms with van der Waals surface area (Å²) in [5.74, 6) is 0.949. The highest BCUT2D eigenvalue weighted by Gasteiger charge is 2.13. The minimum Gasteiger partial charge on any atom is -0.353 e. The van der Waals surface area contributed by atoms with Gasteiger partial charge in [0.25, 0.3) is 0 Å². The molecule has 1 aliphatic heterocycles. The maximum absolute atomic E-state index is 4.79. The Bertz CT molecular complexity index is 803. The third kappa shape index (κ3) is 2.31. The number of hydrogen-bond acceptors (Lipinski definition) is 5. The monoisotopic (exact) mass is 294 g/mol. The van der Waals surface area contributed by atoms with Crippen molar-refractivity contribution in [1.82, 2.24) is 25.1 Å². The van der Waals surface area contributed by atoms with Crippen molar-refractivity contribution in [2.24, 2.45) is 7.05 Å². The second-order valence-electron chi connectivity index (χ2n) is 5.54. The Morgan fingerprint density at radius 2 is 1.95 bits per heavy atom. The van der Waals surface area contributed by atoms with Gasteiger partial charge in [-0.3, -0.25) is 9.67 Å². The van der Waals surface area contributed by atoms with Crippen LogP contribution >= 0.6 is 0 Å². The lowest BCUT2D eigenvalue weighted by atomic mass is 10.1. The van der Waals surface area contributed by atoms with E-state index in [0.29, 0.717) is 0 Å². The summed E-state index contributed by atoms with van der Waals surface area (Å²) in [6, 6.07) is 6.28. The molecule has 1 aromatic carbocycles. The van der Waals surface area contributed by atoms with Crippen LogP contribution in [-0.2, 0) is 7.05 Å². The molecule has 0 bridgehead atoms. The summed E-state index contributed by atoms with van der Waals surface area (Å²) in [4.78, 5) is 11.4. The van der Waals surface area contributed by atoms with Gasteiger partial charge in [-0.2, -0.15) is 5.10 Å². The molecule has 0 spiro atoms. The minimum atomic E-state index is 0.904. The number of aryl methyl sites for hydroxylation is 1. The molecule has 2 aromatic heterocycles. The van der Waals surface area contributed by atoms with Gasteiger partial charge in [-0.05, 0) is 12.1 Å². The van der Waals surface area contributed by atoms with Crippen LogP contribution in [0.1, 0.15) is 0 Å². The van der Waals surface area contributed by atoms with Crippen molar-refractivity contribution >= 4 is 16.7 Å². The molecule has 1 N–H and O–H groups in total. The third-order valence-electron chi connectivity index (χ3n) is 4.10. The fourth-order valence-electron chi connectivity index (χ4n) is 2.86. The first kappa shape index (κ1) is 13.2. The summed E-state index contributed by atoms with van der Waals surface area (Å²) < 4.78 is 1.88. The first-order valence-electron chi connectivity index (χ1n) is 7.51. The van der Waals surface area contributed by atoms with E-state index in [1.165, 1.54) is 0 Å². The van der Waals surface area contributed by atoms with Gasteiger partial charge in [0.2, 0.25) is 0 Å². The van der Waals surface area contributed by atoms with Gasteiger partial charge in [-0.15, -0.1) is 0 Å². The quantitative estimate of drug-likeness (QED) is 0.775. The molecule has 3 heterocycles. The number of nitrogens with zero attached hydrogens (tertiary/aromatic N) is 5. The Labute approximate surface area is 128 Å². The summed E-state index contributed by atoms with van der Waals surface area (Å²) in [6.45, 7) is 3.93. The highest BCUT2D eigenvalue weighted by atomic mass is 15.2. The first-order valence-corrected chi connectivity index (χ1v) is 7.51. The van der Waals surface area contributed by atoms with Crippen LogP contribution in [0.2, 0.25) is 0 Å². The Hall–Kier alpha value is -2.47.